The number of nitrogens with zero attached hydrogens (tertiary/aromatic N) is 1. The molecular formula is C16H20N2. The van der Waals surface area contributed by atoms with Crippen molar-refractivity contribution in [2.24, 2.45) is 0 Å². The maximum absolute atomic E-state index is 4.65. The van der Waals surface area contributed by atoms with Gasteiger partial charge in [-0.2, -0.15) is 0 Å². The fraction of sp³-hybridized carbons (Fsp3) is 0.438. The summed E-state index contributed by atoms with van der Waals surface area (Å²) < 4.78 is 0. The van der Waals surface area contributed by atoms with Crippen LogP contribution in [0.4, 0.5) is 0 Å². The van der Waals surface area contributed by atoms with Gasteiger partial charge in [-0.3, -0.25) is 0 Å². The Bertz CT molecular complexity index is 618. The minimum atomic E-state index is 0.0385. The zero-order valence-electron chi connectivity index (χ0n) is 11.8. The fourth-order valence-electron chi connectivity index (χ4n) is 2.92. The molecule has 3 rings (SSSR count). The van der Waals surface area contributed by atoms with Gasteiger partial charge >= 0.3 is 0 Å². The first-order valence-electron chi connectivity index (χ1n) is 6.63. The molecule has 2 nitrogen and oxygen atoms in total. The Balaban J connectivity index is 2.26. The molecule has 1 aliphatic rings. The maximum Gasteiger partial charge on any atom is 0.103 e. The third-order valence-electron chi connectivity index (χ3n) is 4.09. The minimum Gasteiger partial charge on any atom is -0.345 e. The summed E-state index contributed by atoms with van der Waals surface area (Å²) in [7, 11) is 0. The highest BCUT2D eigenvalue weighted by atomic mass is 15.0. The van der Waals surface area contributed by atoms with Gasteiger partial charge in [0.2, 0.25) is 0 Å². The number of imidazole rings is 1. The lowest BCUT2D eigenvalue weighted by atomic mass is 9.83. The second-order valence-electron chi connectivity index (χ2n) is 6.13. The van der Waals surface area contributed by atoms with Gasteiger partial charge in [0.25, 0.3) is 0 Å². The second kappa shape index (κ2) is 3.47. The van der Waals surface area contributed by atoms with Gasteiger partial charge in [-0.15, -0.1) is 0 Å². The molecule has 1 heterocycles. The van der Waals surface area contributed by atoms with Crippen LogP contribution in [0, 0.1) is 6.92 Å². The highest BCUT2D eigenvalue weighted by Gasteiger charge is 2.38. The molecule has 0 fully saturated rings. The monoisotopic (exact) mass is 240 g/mol. The molecule has 2 heteroatoms. The number of rotatable bonds is 1. The molecule has 0 amide bonds. The van der Waals surface area contributed by atoms with Crippen LogP contribution in [0.25, 0.3) is 11.3 Å². The highest BCUT2D eigenvalue weighted by molar-refractivity contribution is 5.77. The predicted molar refractivity (Wildman–Crippen MR) is 75.0 cm³/mol. The summed E-state index contributed by atoms with van der Waals surface area (Å²) >= 11 is 0. The van der Waals surface area contributed by atoms with Crippen molar-refractivity contribution in [3.8, 4) is 11.3 Å². The molecule has 0 atom stereocenters. The maximum atomic E-state index is 4.65. The van der Waals surface area contributed by atoms with E-state index in [4.69, 9.17) is 0 Å². The van der Waals surface area contributed by atoms with Gasteiger partial charge in [-0.25, -0.2) is 4.98 Å². The molecule has 1 aromatic heterocycles. The lowest BCUT2D eigenvalue weighted by molar-refractivity contribution is 0.636. The second-order valence-corrected chi connectivity index (χ2v) is 6.13. The Kier molecular flexibility index (Phi) is 2.22. The number of hydrogen-bond acceptors (Lipinski definition) is 1. The zero-order valence-corrected chi connectivity index (χ0v) is 11.8. The lowest BCUT2D eigenvalue weighted by Gasteiger charge is -2.21. The quantitative estimate of drug-likeness (QED) is 0.797. The Labute approximate surface area is 108 Å². The molecule has 0 radical (unpaired) electrons. The average Bonchev–Trinajstić information content (AvgIpc) is 2.78. The molecule has 0 unspecified atom stereocenters. The molecule has 0 bridgehead atoms. The topological polar surface area (TPSA) is 28.7 Å². The summed E-state index contributed by atoms with van der Waals surface area (Å²) in [4.78, 5) is 8.08. The summed E-state index contributed by atoms with van der Waals surface area (Å²) in [6.07, 6.45) is 0. The van der Waals surface area contributed by atoms with Crippen molar-refractivity contribution < 1.29 is 0 Å². The van der Waals surface area contributed by atoms with Gasteiger partial charge in [0.1, 0.15) is 5.82 Å². The Morgan fingerprint density at radius 3 is 2.61 bits per heavy atom. The van der Waals surface area contributed by atoms with Gasteiger partial charge < -0.3 is 4.98 Å². The molecule has 1 N–H and O–H groups in total. The van der Waals surface area contributed by atoms with E-state index in [-0.39, 0.29) is 5.41 Å². The first-order valence-corrected chi connectivity index (χ1v) is 6.63. The van der Waals surface area contributed by atoms with E-state index >= 15 is 0 Å². The Morgan fingerprint density at radius 1 is 1.22 bits per heavy atom. The van der Waals surface area contributed by atoms with Crippen LogP contribution in [-0.4, -0.2) is 9.97 Å². The molecule has 18 heavy (non-hydrogen) atoms. The van der Waals surface area contributed by atoms with Crippen LogP contribution in [0.2, 0.25) is 0 Å². The number of hydrogen-bond donors (Lipinski definition) is 1. The molecule has 2 aromatic rings. The molecule has 0 spiro atoms. The SMILES string of the molecule is Cc1nc2c([nH]1)C(C)(C)c1cc(C(C)C)ccc1-2. The molecule has 0 saturated carbocycles. The highest BCUT2D eigenvalue weighted by Crippen LogP contribution is 2.47. The van der Waals surface area contributed by atoms with E-state index in [0.29, 0.717) is 5.92 Å². The first kappa shape index (κ1) is 11.5. The van der Waals surface area contributed by atoms with Crippen molar-refractivity contribution in [3.63, 3.8) is 0 Å². The number of fused-ring (bicyclic) bond motifs is 3. The Morgan fingerprint density at radius 2 is 1.94 bits per heavy atom. The summed E-state index contributed by atoms with van der Waals surface area (Å²) in [5.74, 6) is 1.58. The van der Waals surface area contributed by atoms with E-state index < -0.39 is 0 Å². The third kappa shape index (κ3) is 1.38. The van der Waals surface area contributed by atoms with E-state index in [9.17, 15) is 0 Å². The van der Waals surface area contributed by atoms with Crippen molar-refractivity contribution >= 4 is 0 Å². The number of aromatic nitrogens is 2. The Hall–Kier alpha value is -1.57. The van der Waals surface area contributed by atoms with E-state index in [1.165, 1.54) is 22.4 Å². The normalized spacial score (nSPS) is 15.9. The van der Waals surface area contributed by atoms with Crippen molar-refractivity contribution in [1.29, 1.82) is 0 Å². The summed E-state index contributed by atoms with van der Waals surface area (Å²) in [5, 5.41) is 0. The summed E-state index contributed by atoms with van der Waals surface area (Å²) in [6.45, 7) is 11.1. The van der Waals surface area contributed by atoms with Gasteiger partial charge in [-0.05, 0) is 24.0 Å². The molecule has 0 aliphatic heterocycles. The zero-order chi connectivity index (χ0) is 13.1. The molecular weight excluding hydrogens is 220 g/mol. The predicted octanol–water partition coefficient (Wildman–Crippen LogP) is 4.15. The van der Waals surface area contributed by atoms with E-state index in [1.54, 1.807) is 0 Å². The molecule has 1 aliphatic carbocycles. The van der Waals surface area contributed by atoms with Crippen LogP contribution in [0.3, 0.4) is 0 Å². The van der Waals surface area contributed by atoms with Gasteiger partial charge in [0.05, 0.1) is 11.4 Å². The number of H-pyrrole nitrogens is 1. The van der Waals surface area contributed by atoms with Gasteiger partial charge in [0.15, 0.2) is 0 Å². The van der Waals surface area contributed by atoms with Crippen LogP contribution >= 0.6 is 0 Å². The van der Waals surface area contributed by atoms with Crippen LogP contribution in [0.15, 0.2) is 18.2 Å². The molecule has 94 valence electrons. The van der Waals surface area contributed by atoms with Crippen LogP contribution in [0.1, 0.15) is 56.3 Å². The van der Waals surface area contributed by atoms with Gasteiger partial charge in [0, 0.05) is 11.0 Å². The molecule has 0 saturated heterocycles. The molecule has 1 aromatic carbocycles. The standard InChI is InChI=1S/C16H20N2/c1-9(2)11-6-7-12-13(8-11)16(4,5)15-14(12)17-10(3)18-15/h6-9H,1-5H3,(H,17,18). The van der Waals surface area contributed by atoms with Crippen molar-refractivity contribution in [2.75, 3.05) is 0 Å². The smallest absolute Gasteiger partial charge is 0.103 e. The summed E-state index contributed by atoms with van der Waals surface area (Å²) in [6, 6.07) is 6.82. The van der Waals surface area contributed by atoms with Crippen LogP contribution in [0.5, 0.6) is 0 Å². The van der Waals surface area contributed by atoms with E-state index in [2.05, 4.69) is 55.9 Å². The number of nitrogens with one attached hydrogen (secondary N) is 1. The largest absolute Gasteiger partial charge is 0.345 e. The van der Waals surface area contributed by atoms with Gasteiger partial charge in [-0.1, -0.05) is 45.9 Å². The number of aryl methyl sites for hydroxylation is 1. The summed E-state index contributed by atoms with van der Waals surface area (Å²) in [5.41, 5.74) is 6.55. The number of aromatic amines is 1. The van der Waals surface area contributed by atoms with Crippen molar-refractivity contribution in [1.82, 2.24) is 9.97 Å². The van der Waals surface area contributed by atoms with Crippen LogP contribution in [-0.2, 0) is 5.41 Å². The van der Waals surface area contributed by atoms with E-state index in [0.717, 1.165) is 11.5 Å². The average molecular weight is 240 g/mol. The third-order valence-corrected chi connectivity index (χ3v) is 4.09. The lowest BCUT2D eigenvalue weighted by Crippen LogP contribution is -2.16. The first-order chi connectivity index (χ1) is 8.41. The van der Waals surface area contributed by atoms with E-state index in [1.807, 2.05) is 6.92 Å². The minimum absolute atomic E-state index is 0.0385. The number of benzene rings is 1. The van der Waals surface area contributed by atoms with Crippen LogP contribution < -0.4 is 0 Å². The fourth-order valence-corrected chi connectivity index (χ4v) is 2.92. The van der Waals surface area contributed by atoms with Crippen molar-refractivity contribution in [2.45, 2.75) is 46.0 Å². The van der Waals surface area contributed by atoms with Crippen molar-refractivity contribution in [3.05, 3.63) is 40.8 Å².